The summed E-state index contributed by atoms with van der Waals surface area (Å²) in [5.41, 5.74) is 1.04. The normalized spacial score (nSPS) is 12.4. The van der Waals surface area contributed by atoms with Gasteiger partial charge in [0.05, 0.1) is 5.66 Å². The number of para-hydroxylation sites is 1. The number of rotatable bonds is 5. The number of halogens is 1. The lowest BCUT2D eigenvalue weighted by molar-refractivity contribution is 0.468. The van der Waals surface area contributed by atoms with E-state index >= 15 is 4.57 Å². The Kier molecular flexibility index (Phi) is 5.71. The Morgan fingerprint density at radius 3 is 1.66 bits per heavy atom. The predicted octanol–water partition coefficient (Wildman–Crippen LogP) is 6.26. The smallest absolute Gasteiger partial charge is 0.154 e. The molecule has 4 heteroatoms. The van der Waals surface area contributed by atoms with Gasteiger partial charge in [0.1, 0.15) is 5.75 Å². The Hall–Kier alpha value is -2.61. The lowest BCUT2D eigenvalue weighted by Crippen LogP contribution is -2.22. The van der Waals surface area contributed by atoms with Crippen LogP contribution in [0, 0.1) is 0 Å². The molecule has 0 amide bonds. The Balaban J connectivity index is 2.06. The molecular formula is C25H20BrO2P. The van der Waals surface area contributed by atoms with Crippen molar-refractivity contribution in [1.82, 2.24) is 0 Å². The van der Waals surface area contributed by atoms with Crippen LogP contribution in [0.2, 0.25) is 0 Å². The highest BCUT2D eigenvalue weighted by atomic mass is 79.9. The Morgan fingerprint density at radius 2 is 1.14 bits per heavy atom. The first-order valence-corrected chi connectivity index (χ1v) is 11.9. The molecule has 0 aliphatic heterocycles. The number of hydrogen-bond acceptors (Lipinski definition) is 2. The van der Waals surface area contributed by atoms with Crippen molar-refractivity contribution in [3.8, 4) is 5.75 Å². The Morgan fingerprint density at radius 1 is 0.655 bits per heavy atom. The molecule has 1 atom stereocenters. The minimum Gasteiger partial charge on any atom is -0.508 e. The van der Waals surface area contributed by atoms with Crippen LogP contribution in [-0.4, -0.2) is 5.11 Å². The summed E-state index contributed by atoms with van der Waals surface area (Å²) in [4.78, 5) is 0. The third-order valence-corrected chi connectivity index (χ3v) is 9.02. The van der Waals surface area contributed by atoms with Crippen molar-refractivity contribution < 1.29 is 9.67 Å². The van der Waals surface area contributed by atoms with Crippen LogP contribution in [0.15, 0.2) is 114 Å². The summed E-state index contributed by atoms with van der Waals surface area (Å²) >= 11 is 3.49. The van der Waals surface area contributed by atoms with Gasteiger partial charge in [0, 0.05) is 20.6 Å². The summed E-state index contributed by atoms with van der Waals surface area (Å²) in [5.74, 6) is 0.146. The molecule has 0 saturated heterocycles. The lowest BCUT2D eigenvalue weighted by atomic mass is 10.0. The van der Waals surface area contributed by atoms with Crippen LogP contribution in [0.3, 0.4) is 0 Å². The van der Waals surface area contributed by atoms with Crippen molar-refractivity contribution in [3.63, 3.8) is 0 Å². The molecule has 29 heavy (non-hydrogen) atoms. The quantitative estimate of drug-likeness (QED) is 0.355. The molecule has 0 aromatic heterocycles. The van der Waals surface area contributed by atoms with Gasteiger partial charge in [-0.05, 0) is 23.8 Å². The SMILES string of the molecule is O=P(c1ccccc1)(c1ccccc1)C(c1ccc(Br)cc1)c1ccccc1O. The third kappa shape index (κ3) is 3.81. The van der Waals surface area contributed by atoms with Gasteiger partial charge >= 0.3 is 0 Å². The van der Waals surface area contributed by atoms with E-state index in [0.717, 1.165) is 20.6 Å². The Bertz CT molecular complexity index is 1100. The first-order chi connectivity index (χ1) is 14.1. The topological polar surface area (TPSA) is 37.3 Å². The minimum absolute atomic E-state index is 0.146. The summed E-state index contributed by atoms with van der Waals surface area (Å²) in [6, 6.07) is 34.2. The third-order valence-electron chi connectivity index (χ3n) is 5.06. The molecular weight excluding hydrogens is 443 g/mol. The largest absolute Gasteiger partial charge is 0.508 e. The van der Waals surface area contributed by atoms with E-state index in [4.69, 9.17) is 0 Å². The summed E-state index contributed by atoms with van der Waals surface area (Å²) in [5, 5.41) is 12.3. The monoisotopic (exact) mass is 462 g/mol. The number of phenols is 1. The lowest BCUT2D eigenvalue weighted by Gasteiger charge is -2.30. The molecule has 0 aliphatic rings. The zero-order chi connectivity index (χ0) is 20.3. The van der Waals surface area contributed by atoms with E-state index in [0.29, 0.717) is 5.56 Å². The highest BCUT2D eigenvalue weighted by Crippen LogP contribution is 2.61. The molecule has 144 valence electrons. The van der Waals surface area contributed by atoms with E-state index in [9.17, 15) is 5.11 Å². The molecule has 1 N–H and O–H groups in total. The van der Waals surface area contributed by atoms with Gasteiger partial charge in [-0.25, -0.2) is 0 Å². The number of phenolic OH excluding ortho intramolecular Hbond substituents is 1. The molecule has 1 unspecified atom stereocenters. The van der Waals surface area contributed by atoms with Crippen LogP contribution in [0.4, 0.5) is 0 Å². The zero-order valence-electron chi connectivity index (χ0n) is 15.7. The van der Waals surface area contributed by atoms with Gasteiger partial charge in [0.2, 0.25) is 0 Å². The van der Waals surface area contributed by atoms with Crippen LogP contribution in [0.1, 0.15) is 16.8 Å². The summed E-state index contributed by atoms with van der Waals surface area (Å²) in [6.45, 7) is 0. The highest BCUT2D eigenvalue weighted by molar-refractivity contribution is 9.10. The fraction of sp³-hybridized carbons (Fsp3) is 0.0400. The maximum atomic E-state index is 15.0. The van der Waals surface area contributed by atoms with Crippen molar-refractivity contribution in [3.05, 3.63) is 125 Å². The fourth-order valence-electron chi connectivity index (χ4n) is 3.70. The van der Waals surface area contributed by atoms with Crippen molar-refractivity contribution in [2.75, 3.05) is 0 Å². The average Bonchev–Trinajstić information content (AvgIpc) is 2.77. The van der Waals surface area contributed by atoms with E-state index in [1.54, 1.807) is 12.1 Å². The average molecular weight is 463 g/mol. The van der Waals surface area contributed by atoms with Gasteiger partial charge in [0.15, 0.2) is 7.14 Å². The first-order valence-electron chi connectivity index (χ1n) is 9.35. The van der Waals surface area contributed by atoms with Gasteiger partial charge in [-0.2, -0.15) is 0 Å². The summed E-state index contributed by atoms with van der Waals surface area (Å²) < 4.78 is 16.0. The zero-order valence-corrected chi connectivity index (χ0v) is 18.1. The van der Waals surface area contributed by atoms with Gasteiger partial charge in [0.25, 0.3) is 0 Å². The molecule has 4 rings (SSSR count). The summed E-state index contributed by atoms with van der Waals surface area (Å²) in [7, 11) is -3.20. The number of aromatic hydroxyl groups is 1. The standard InChI is InChI=1S/C25H20BrO2P/c26-20-17-15-19(16-18-20)25(23-13-7-8-14-24(23)27)29(28,21-9-3-1-4-10-21)22-11-5-2-6-12-22/h1-18,25,27H. The molecule has 0 bridgehead atoms. The Labute approximate surface area is 179 Å². The van der Waals surface area contributed by atoms with Crippen LogP contribution in [0.5, 0.6) is 5.75 Å². The van der Waals surface area contributed by atoms with Gasteiger partial charge in [-0.1, -0.05) is 107 Å². The first kappa shape index (κ1) is 19.7. The van der Waals surface area contributed by atoms with Crippen molar-refractivity contribution in [2.45, 2.75) is 5.66 Å². The number of benzene rings is 4. The van der Waals surface area contributed by atoms with Crippen LogP contribution in [0.25, 0.3) is 0 Å². The van der Waals surface area contributed by atoms with E-state index in [2.05, 4.69) is 15.9 Å². The molecule has 2 nitrogen and oxygen atoms in total. The maximum absolute atomic E-state index is 15.0. The molecule has 0 heterocycles. The summed E-state index contributed by atoms with van der Waals surface area (Å²) in [6.07, 6.45) is 0. The molecule has 0 fully saturated rings. The second-order valence-corrected chi connectivity index (χ2v) is 10.6. The second kappa shape index (κ2) is 8.41. The van der Waals surface area contributed by atoms with Crippen LogP contribution in [-0.2, 0) is 4.57 Å². The van der Waals surface area contributed by atoms with Crippen LogP contribution < -0.4 is 10.6 Å². The van der Waals surface area contributed by atoms with E-state index in [1.165, 1.54) is 0 Å². The highest BCUT2D eigenvalue weighted by Gasteiger charge is 2.40. The second-order valence-electron chi connectivity index (χ2n) is 6.84. The van der Waals surface area contributed by atoms with E-state index in [-0.39, 0.29) is 5.75 Å². The van der Waals surface area contributed by atoms with Crippen molar-refractivity contribution in [2.24, 2.45) is 0 Å². The molecule has 0 spiro atoms. The van der Waals surface area contributed by atoms with Gasteiger partial charge in [-0.3, -0.25) is 0 Å². The number of hydrogen-bond donors (Lipinski definition) is 1. The van der Waals surface area contributed by atoms with E-state index in [1.807, 2.05) is 97.1 Å². The van der Waals surface area contributed by atoms with Gasteiger partial charge < -0.3 is 9.67 Å². The van der Waals surface area contributed by atoms with Crippen molar-refractivity contribution in [1.29, 1.82) is 0 Å². The predicted molar refractivity (Wildman–Crippen MR) is 124 cm³/mol. The van der Waals surface area contributed by atoms with Crippen LogP contribution >= 0.6 is 23.1 Å². The molecule has 0 aliphatic carbocycles. The van der Waals surface area contributed by atoms with E-state index < -0.39 is 12.8 Å². The fourth-order valence-corrected chi connectivity index (χ4v) is 7.29. The molecule has 4 aromatic rings. The maximum Gasteiger partial charge on any atom is 0.154 e. The molecule has 0 radical (unpaired) electrons. The van der Waals surface area contributed by atoms with Crippen molar-refractivity contribution >= 4 is 33.7 Å². The molecule has 4 aromatic carbocycles. The van der Waals surface area contributed by atoms with Gasteiger partial charge in [-0.15, -0.1) is 0 Å². The minimum atomic E-state index is -3.20. The molecule has 0 saturated carbocycles.